The second kappa shape index (κ2) is 6.78. The molecule has 0 spiro atoms. The van der Waals surface area contributed by atoms with E-state index in [0.717, 1.165) is 0 Å². The molecule has 2 rings (SSSR count). The highest BCUT2D eigenvalue weighted by Crippen LogP contribution is 2.22. The van der Waals surface area contributed by atoms with Gasteiger partial charge in [-0.1, -0.05) is 0 Å². The fourth-order valence-electron chi connectivity index (χ4n) is 1.82. The van der Waals surface area contributed by atoms with Crippen LogP contribution in [0.3, 0.4) is 0 Å². The van der Waals surface area contributed by atoms with E-state index in [0.29, 0.717) is 27.3 Å². The molecule has 21 heavy (non-hydrogen) atoms. The molecule has 1 aromatic carbocycles. The summed E-state index contributed by atoms with van der Waals surface area (Å²) in [5.74, 6) is 1.43. The Morgan fingerprint density at radius 3 is 2.81 bits per heavy atom. The van der Waals surface area contributed by atoms with Crippen molar-refractivity contribution in [2.45, 2.75) is 13.0 Å². The Balaban J connectivity index is 2.01. The summed E-state index contributed by atoms with van der Waals surface area (Å²) >= 11 is 3.32. The van der Waals surface area contributed by atoms with Crippen LogP contribution in [0.25, 0.3) is 0 Å². The lowest BCUT2D eigenvalue weighted by Gasteiger charge is -2.11. The number of aliphatic hydroxyl groups is 1. The van der Waals surface area contributed by atoms with Gasteiger partial charge in [0.1, 0.15) is 23.4 Å². The Morgan fingerprint density at radius 1 is 1.43 bits per heavy atom. The lowest BCUT2D eigenvalue weighted by molar-refractivity contribution is 0.0899. The number of aliphatic hydroxyl groups excluding tert-OH is 1. The van der Waals surface area contributed by atoms with Crippen molar-refractivity contribution in [1.29, 1.82) is 0 Å². The summed E-state index contributed by atoms with van der Waals surface area (Å²) in [7, 11) is 1.54. The van der Waals surface area contributed by atoms with Crippen molar-refractivity contribution in [2.24, 2.45) is 0 Å². The number of ether oxygens (including phenoxy) is 1. The molecule has 0 aliphatic carbocycles. The zero-order chi connectivity index (χ0) is 15.4. The smallest absolute Gasteiger partial charge is 0.252 e. The number of nitrogens with one attached hydrogen (secondary N) is 1. The van der Waals surface area contributed by atoms with E-state index in [9.17, 15) is 9.90 Å². The largest absolute Gasteiger partial charge is 0.497 e. The molecule has 0 aliphatic rings. The Hall–Kier alpha value is -1.79. The number of aryl methyl sites for hydroxylation is 1. The predicted molar refractivity (Wildman–Crippen MR) is 81.4 cm³/mol. The zero-order valence-corrected chi connectivity index (χ0v) is 13.3. The van der Waals surface area contributed by atoms with E-state index < -0.39 is 6.10 Å². The van der Waals surface area contributed by atoms with Crippen molar-refractivity contribution in [3.8, 4) is 5.75 Å². The quantitative estimate of drug-likeness (QED) is 0.866. The van der Waals surface area contributed by atoms with E-state index in [1.54, 1.807) is 37.3 Å². The third-order valence-electron chi connectivity index (χ3n) is 2.96. The minimum atomic E-state index is -0.882. The molecule has 2 aromatic rings. The van der Waals surface area contributed by atoms with Crippen LogP contribution in [-0.2, 0) is 0 Å². The molecule has 0 aliphatic heterocycles. The summed E-state index contributed by atoms with van der Waals surface area (Å²) in [4.78, 5) is 12.1. The molecule has 1 aromatic heterocycles. The lowest BCUT2D eigenvalue weighted by Crippen LogP contribution is -2.28. The average molecular weight is 354 g/mol. The molecule has 1 heterocycles. The molecule has 6 heteroatoms. The van der Waals surface area contributed by atoms with Crippen molar-refractivity contribution in [3.63, 3.8) is 0 Å². The topological polar surface area (TPSA) is 71.7 Å². The summed E-state index contributed by atoms with van der Waals surface area (Å²) in [6.45, 7) is 1.86. The van der Waals surface area contributed by atoms with Crippen molar-refractivity contribution in [2.75, 3.05) is 13.7 Å². The minimum absolute atomic E-state index is 0.0649. The number of carbonyl (C=O) groups is 1. The van der Waals surface area contributed by atoms with Gasteiger partial charge in [0.15, 0.2) is 0 Å². The summed E-state index contributed by atoms with van der Waals surface area (Å²) in [5, 5.41) is 12.6. The van der Waals surface area contributed by atoms with Crippen LogP contribution in [0.5, 0.6) is 5.75 Å². The fourth-order valence-corrected chi connectivity index (χ4v) is 2.25. The molecule has 0 bridgehead atoms. The number of amides is 1. The highest BCUT2D eigenvalue weighted by Gasteiger charge is 2.15. The van der Waals surface area contributed by atoms with E-state index >= 15 is 0 Å². The molecule has 0 saturated carbocycles. The van der Waals surface area contributed by atoms with Crippen LogP contribution in [0.2, 0.25) is 0 Å². The molecule has 112 valence electrons. The molecule has 2 N–H and O–H groups in total. The normalized spacial score (nSPS) is 12.0. The summed E-state index contributed by atoms with van der Waals surface area (Å²) in [5.41, 5.74) is 0.442. The standard InChI is InChI=1S/C15H16BrNO4/c1-9-3-6-14(21-9)13(18)8-17-15(19)11-7-10(20-2)4-5-12(11)16/h3-7,13,18H,8H2,1-2H3,(H,17,19). The maximum absolute atomic E-state index is 12.1. The first kappa shape index (κ1) is 15.6. The van der Waals surface area contributed by atoms with E-state index in [2.05, 4.69) is 21.2 Å². The third kappa shape index (κ3) is 3.86. The van der Waals surface area contributed by atoms with Gasteiger partial charge in [-0.25, -0.2) is 0 Å². The first-order chi connectivity index (χ1) is 10.0. The highest BCUT2D eigenvalue weighted by atomic mass is 79.9. The van der Waals surface area contributed by atoms with E-state index in [4.69, 9.17) is 9.15 Å². The van der Waals surface area contributed by atoms with Gasteiger partial charge in [-0.15, -0.1) is 0 Å². The number of halogens is 1. The maximum Gasteiger partial charge on any atom is 0.252 e. The summed E-state index contributed by atoms with van der Waals surface area (Å²) in [6, 6.07) is 8.57. The minimum Gasteiger partial charge on any atom is -0.497 e. The second-order valence-electron chi connectivity index (χ2n) is 4.52. The predicted octanol–water partition coefficient (Wildman–Crippen LogP) is 2.82. The molecule has 5 nitrogen and oxygen atoms in total. The summed E-state index contributed by atoms with van der Waals surface area (Å²) in [6.07, 6.45) is -0.882. The van der Waals surface area contributed by atoms with Crippen LogP contribution in [0.15, 0.2) is 39.2 Å². The summed E-state index contributed by atoms with van der Waals surface area (Å²) < 4.78 is 11.1. The number of benzene rings is 1. The van der Waals surface area contributed by atoms with Crippen molar-refractivity contribution < 1.29 is 19.1 Å². The van der Waals surface area contributed by atoms with Gasteiger partial charge >= 0.3 is 0 Å². The van der Waals surface area contributed by atoms with Crippen LogP contribution in [0.1, 0.15) is 28.0 Å². The number of furan rings is 1. The first-order valence-corrected chi connectivity index (χ1v) is 7.16. The average Bonchev–Trinajstić information content (AvgIpc) is 2.91. The molecule has 1 atom stereocenters. The number of hydrogen-bond acceptors (Lipinski definition) is 4. The number of carbonyl (C=O) groups excluding carboxylic acids is 1. The SMILES string of the molecule is COc1ccc(Br)c(C(=O)NCC(O)c2ccc(C)o2)c1. The number of hydrogen-bond donors (Lipinski definition) is 2. The molecule has 0 radical (unpaired) electrons. The van der Waals surface area contributed by atoms with E-state index in [1.807, 2.05) is 0 Å². The highest BCUT2D eigenvalue weighted by molar-refractivity contribution is 9.10. The first-order valence-electron chi connectivity index (χ1n) is 6.37. The van der Waals surface area contributed by atoms with E-state index in [-0.39, 0.29) is 12.5 Å². The maximum atomic E-state index is 12.1. The van der Waals surface area contributed by atoms with Crippen molar-refractivity contribution in [1.82, 2.24) is 5.32 Å². The zero-order valence-electron chi connectivity index (χ0n) is 11.7. The van der Waals surface area contributed by atoms with Gasteiger partial charge in [0, 0.05) is 4.47 Å². The number of rotatable bonds is 5. The van der Waals surface area contributed by atoms with Gasteiger partial charge in [0.05, 0.1) is 19.2 Å². The molecular weight excluding hydrogens is 338 g/mol. The molecular formula is C15H16BrNO4. The van der Waals surface area contributed by atoms with Gasteiger partial charge in [-0.2, -0.15) is 0 Å². The van der Waals surface area contributed by atoms with Crippen LogP contribution >= 0.6 is 15.9 Å². The molecule has 1 amide bonds. The van der Waals surface area contributed by atoms with Crippen molar-refractivity contribution in [3.05, 3.63) is 51.9 Å². The Kier molecular flexibility index (Phi) is 5.03. The van der Waals surface area contributed by atoms with E-state index in [1.165, 1.54) is 7.11 Å². The Labute approximate surface area is 131 Å². The van der Waals surface area contributed by atoms with Gasteiger partial charge in [-0.05, 0) is 53.2 Å². The van der Waals surface area contributed by atoms with Gasteiger partial charge in [0.2, 0.25) is 0 Å². The van der Waals surface area contributed by atoms with Gasteiger partial charge in [-0.3, -0.25) is 4.79 Å². The van der Waals surface area contributed by atoms with Crippen molar-refractivity contribution >= 4 is 21.8 Å². The van der Waals surface area contributed by atoms with Crippen LogP contribution in [-0.4, -0.2) is 24.7 Å². The van der Waals surface area contributed by atoms with Gasteiger partial charge in [0.25, 0.3) is 5.91 Å². The molecule has 1 unspecified atom stereocenters. The Morgan fingerprint density at radius 2 is 2.19 bits per heavy atom. The second-order valence-corrected chi connectivity index (χ2v) is 5.37. The fraction of sp³-hybridized carbons (Fsp3) is 0.267. The van der Waals surface area contributed by atoms with Gasteiger partial charge < -0.3 is 19.6 Å². The lowest BCUT2D eigenvalue weighted by atomic mass is 10.2. The molecule has 0 fully saturated rings. The molecule has 0 saturated heterocycles. The van der Waals surface area contributed by atoms with Crippen LogP contribution in [0, 0.1) is 6.92 Å². The number of methoxy groups -OCH3 is 1. The third-order valence-corrected chi connectivity index (χ3v) is 3.66. The Bertz CT molecular complexity index is 638. The monoisotopic (exact) mass is 353 g/mol. The van der Waals surface area contributed by atoms with Crippen LogP contribution < -0.4 is 10.1 Å². The van der Waals surface area contributed by atoms with Crippen LogP contribution in [0.4, 0.5) is 0 Å².